The van der Waals surface area contributed by atoms with E-state index in [4.69, 9.17) is 19.6 Å². The SMILES string of the molecule is NCCCC[C@H](NC(=O)[C@@H]1C[C@@H](OCCC2CCCC2)CN1C(=O)[C@@H](CCc1ccccc1)NC(=O)OCC1CC1)C(=O)c1nc2ccccc2o1. The molecule has 0 radical (unpaired) electrons. The Kier molecular flexibility index (Phi) is 13.3. The number of oxazole rings is 1. The maximum absolute atomic E-state index is 14.5. The van der Waals surface area contributed by atoms with E-state index in [-0.39, 0.29) is 30.9 Å². The van der Waals surface area contributed by atoms with Gasteiger partial charge in [0.05, 0.1) is 18.8 Å². The second-order valence-electron chi connectivity index (χ2n) is 14.6. The fourth-order valence-electron chi connectivity index (χ4n) is 7.34. The minimum absolute atomic E-state index is 0.0818. The van der Waals surface area contributed by atoms with Crippen molar-refractivity contribution in [3.63, 3.8) is 0 Å². The van der Waals surface area contributed by atoms with Crippen LogP contribution in [0, 0.1) is 11.8 Å². The van der Waals surface area contributed by atoms with Gasteiger partial charge in [-0.05, 0) is 87.4 Å². The normalized spacial score (nSPS) is 20.1. The number of rotatable bonds is 19. The van der Waals surface area contributed by atoms with E-state index in [0.29, 0.717) is 74.8 Å². The Labute approximate surface area is 305 Å². The molecular formula is C40H53N5O7. The lowest BCUT2D eigenvalue weighted by molar-refractivity contribution is -0.140. The summed E-state index contributed by atoms with van der Waals surface area (Å²) in [6.45, 7) is 1.51. The molecule has 4 N–H and O–H groups in total. The highest BCUT2D eigenvalue weighted by molar-refractivity contribution is 6.01. The average molecular weight is 716 g/mol. The number of hydrogen-bond acceptors (Lipinski definition) is 9. The lowest BCUT2D eigenvalue weighted by Gasteiger charge is -2.29. The molecule has 12 nitrogen and oxygen atoms in total. The summed E-state index contributed by atoms with van der Waals surface area (Å²) >= 11 is 0. The van der Waals surface area contributed by atoms with Crippen LogP contribution in [0.3, 0.4) is 0 Å². The number of unbranched alkanes of at least 4 members (excludes halogenated alkanes) is 1. The summed E-state index contributed by atoms with van der Waals surface area (Å²) in [6.07, 6.45) is 9.59. The van der Waals surface area contributed by atoms with Gasteiger partial charge in [-0.15, -0.1) is 0 Å². The number of aryl methyl sites for hydroxylation is 1. The van der Waals surface area contributed by atoms with Gasteiger partial charge >= 0.3 is 6.09 Å². The van der Waals surface area contributed by atoms with E-state index < -0.39 is 35.9 Å². The number of amides is 3. The second kappa shape index (κ2) is 18.5. The summed E-state index contributed by atoms with van der Waals surface area (Å²) in [5, 5.41) is 5.77. The average Bonchev–Trinajstić information content (AvgIpc) is 3.49. The highest BCUT2D eigenvalue weighted by Crippen LogP contribution is 2.30. The Balaban J connectivity index is 1.20. The van der Waals surface area contributed by atoms with Crippen molar-refractivity contribution in [2.24, 2.45) is 17.6 Å². The largest absolute Gasteiger partial charge is 0.449 e. The van der Waals surface area contributed by atoms with Gasteiger partial charge in [0.25, 0.3) is 5.89 Å². The molecule has 12 heteroatoms. The summed E-state index contributed by atoms with van der Waals surface area (Å²) in [5.41, 5.74) is 7.81. The number of nitrogens with one attached hydrogen (secondary N) is 2. The fourth-order valence-corrected chi connectivity index (χ4v) is 7.34. The van der Waals surface area contributed by atoms with E-state index >= 15 is 0 Å². The number of ether oxygens (including phenoxy) is 2. The lowest BCUT2D eigenvalue weighted by atomic mass is 10.0. The van der Waals surface area contributed by atoms with E-state index in [0.717, 1.165) is 24.8 Å². The van der Waals surface area contributed by atoms with Gasteiger partial charge < -0.3 is 35.2 Å². The molecule has 52 heavy (non-hydrogen) atoms. The first-order valence-corrected chi connectivity index (χ1v) is 19.2. The van der Waals surface area contributed by atoms with Crippen molar-refractivity contribution in [2.75, 3.05) is 26.3 Å². The molecule has 3 aliphatic rings. The molecule has 4 atom stereocenters. The third-order valence-electron chi connectivity index (χ3n) is 10.6. The summed E-state index contributed by atoms with van der Waals surface area (Å²) < 4.78 is 17.6. The second-order valence-corrected chi connectivity index (χ2v) is 14.6. The Morgan fingerprint density at radius 1 is 0.904 bits per heavy atom. The molecule has 0 unspecified atom stereocenters. The van der Waals surface area contributed by atoms with Crippen molar-refractivity contribution in [2.45, 2.75) is 108 Å². The topological polar surface area (TPSA) is 166 Å². The Bertz CT molecular complexity index is 1600. The molecule has 3 aromatic rings. The standard InChI is InChI=1S/C40H53N5O7/c41-22-9-8-15-32(36(46)38-43-31-14-6-7-16-35(31)52-38)42-37(47)34-24-30(50-23-21-28-12-4-5-13-28)25-45(34)39(48)33(20-19-27-10-2-1-3-11-27)44-40(49)51-26-29-17-18-29/h1-3,6-7,10-11,14,16,28-30,32-34H,4-5,8-9,12-13,15,17-26,41H2,(H,42,47)(H,44,49)/t30-,32+,33-,34+/m1/s1. The van der Waals surface area contributed by atoms with E-state index in [1.807, 2.05) is 36.4 Å². The fraction of sp³-hybridized carbons (Fsp3) is 0.575. The van der Waals surface area contributed by atoms with Crippen molar-refractivity contribution in [1.29, 1.82) is 0 Å². The predicted octanol–water partition coefficient (Wildman–Crippen LogP) is 5.33. The molecule has 1 aromatic heterocycles. The van der Waals surface area contributed by atoms with Crippen LogP contribution in [0.2, 0.25) is 0 Å². The molecule has 3 fully saturated rings. The van der Waals surface area contributed by atoms with Crippen LogP contribution < -0.4 is 16.4 Å². The molecule has 3 amide bonds. The number of benzene rings is 2. The zero-order valence-electron chi connectivity index (χ0n) is 30.0. The Morgan fingerprint density at radius 3 is 2.42 bits per heavy atom. The maximum atomic E-state index is 14.5. The number of hydrogen-bond donors (Lipinski definition) is 3. The third kappa shape index (κ3) is 10.4. The number of nitrogens with zero attached hydrogens (tertiary/aromatic N) is 2. The number of likely N-dealkylation sites (tertiary alicyclic amines) is 1. The summed E-state index contributed by atoms with van der Waals surface area (Å²) in [5.74, 6) is -0.363. The Hall–Kier alpha value is -4.29. The van der Waals surface area contributed by atoms with Gasteiger partial charge in [-0.3, -0.25) is 14.4 Å². The number of fused-ring (bicyclic) bond motifs is 1. The van der Waals surface area contributed by atoms with Gasteiger partial charge in [0.15, 0.2) is 5.58 Å². The maximum Gasteiger partial charge on any atom is 0.407 e. The minimum atomic E-state index is -0.934. The minimum Gasteiger partial charge on any atom is -0.449 e. The van der Waals surface area contributed by atoms with E-state index in [1.165, 1.54) is 30.6 Å². The predicted molar refractivity (Wildman–Crippen MR) is 195 cm³/mol. The van der Waals surface area contributed by atoms with Crippen molar-refractivity contribution in [3.05, 3.63) is 66.1 Å². The van der Waals surface area contributed by atoms with Crippen molar-refractivity contribution < 1.29 is 33.1 Å². The van der Waals surface area contributed by atoms with Crippen molar-refractivity contribution in [1.82, 2.24) is 20.5 Å². The molecule has 1 aliphatic heterocycles. The number of Topliss-reactive ketones (excluding diaryl/α,β-unsaturated/α-hetero) is 1. The van der Waals surface area contributed by atoms with Crippen LogP contribution in [0.1, 0.15) is 93.3 Å². The highest BCUT2D eigenvalue weighted by Gasteiger charge is 2.44. The molecular weight excluding hydrogens is 662 g/mol. The molecule has 1 saturated heterocycles. The third-order valence-corrected chi connectivity index (χ3v) is 10.6. The van der Waals surface area contributed by atoms with Gasteiger partial charge in [-0.1, -0.05) is 68.1 Å². The number of carbonyl (C=O) groups is 4. The van der Waals surface area contributed by atoms with Gasteiger partial charge in [0.1, 0.15) is 17.6 Å². The zero-order chi connectivity index (χ0) is 36.3. The summed E-state index contributed by atoms with van der Waals surface area (Å²) in [7, 11) is 0. The molecule has 2 aromatic carbocycles. The van der Waals surface area contributed by atoms with Crippen LogP contribution >= 0.6 is 0 Å². The van der Waals surface area contributed by atoms with Crippen molar-refractivity contribution in [3.8, 4) is 0 Å². The number of ketones is 1. The van der Waals surface area contributed by atoms with Crippen molar-refractivity contribution >= 4 is 34.8 Å². The number of carbonyl (C=O) groups excluding carboxylic acids is 4. The number of para-hydroxylation sites is 2. The molecule has 0 spiro atoms. The molecule has 2 saturated carbocycles. The quantitative estimate of drug-likeness (QED) is 0.110. The molecule has 6 rings (SSSR count). The molecule has 2 aliphatic carbocycles. The van der Waals surface area contributed by atoms with Gasteiger partial charge in [-0.2, -0.15) is 0 Å². The smallest absolute Gasteiger partial charge is 0.407 e. The van der Waals surface area contributed by atoms with Gasteiger partial charge in [0.2, 0.25) is 17.6 Å². The summed E-state index contributed by atoms with van der Waals surface area (Å²) in [6, 6.07) is 14.1. The van der Waals surface area contributed by atoms with Crippen LogP contribution in [-0.4, -0.2) is 84.1 Å². The number of aromatic nitrogens is 1. The monoisotopic (exact) mass is 715 g/mol. The first kappa shape index (κ1) is 37.5. The molecule has 280 valence electrons. The van der Waals surface area contributed by atoms with Crippen LogP contribution in [0.15, 0.2) is 59.0 Å². The first-order chi connectivity index (χ1) is 25.4. The first-order valence-electron chi connectivity index (χ1n) is 19.2. The highest BCUT2D eigenvalue weighted by atomic mass is 16.5. The van der Waals surface area contributed by atoms with Gasteiger partial charge in [0, 0.05) is 19.6 Å². The van der Waals surface area contributed by atoms with Crippen LogP contribution in [-0.2, 0) is 25.5 Å². The zero-order valence-corrected chi connectivity index (χ0v) is 30.0. The number of alkyl carbamates (subject to hydrolysis) is 1. The van der Waals surface area contributed by atoms with Crippen LogP contribution in [0.4, 0.5) is 4.79 Å². The van der Waals surface area contributed by atoms with E-state index in [1.54, 1.807) is 18.2 Å². The Morgan fingerprint density at radius 2 is 1.67 bits per heavy atom. The van der Waals surface area contributed by atoms with Gasteiger partial charge in [-0.25, -0.2) is 9.78 Å². The van der Waals surface area contributed by atoms with Crippen LogP contribution in [0.5, 0.6) is 0 Å². The van der Waals surface area contributed by atoms with Crippen LogP contribution in [0.25, 0.3) is 11.1 Å². The van der Waals surface area contributed by atoms with E-state index in [2.05, 4.69) is 15.6 Å². The van der Waals surface area contributed by atoms with E-state index in [9.17, 15) is 19.2 Å². The molecule has 0 bridgehead atoms. The summed E-state index contributed by atoms with van der Waals surface area (Å²) in [4.78, 5) is 61.4. The lowest BCUT2D eigenvalue weighted by Crippen LogP contribution is -2.55. The number of nitrogens with two attached hydrogens (primary N) is 1. The molecule has 2 heterocycles.